The van der Waals surface area contributed by atoms with Crippen molar-refractivity contribution >= 4 is 22.8 Å². The van der Waals surface area contributed by atoms with Crippen molar-refractivity contribution in [2.75, 3.05) is 27.7 Å². The third-order valence-electron chi connectivity index (χ3n) is 5.32. The fraction of sp³-hybridized carbons (Fsp3) is 0.409. The van der Waals surface area contributed by atoms with Crippen LogP contribution in [0.3, 0.4) is 0 Å². The largest absolute Gasteiger partial charge is 0.497 e. The molecule has 0 aliphatic heterocycles. The molecule has 0 amide bonds. The minimum absolute atomic E-state index is 0. The number of rotatable bonds is 6. The van der Waals surface area contributed by atoms with E-state index < -0.39 is 5.41 Å². The molecule has 1 aliphatic carbocycles. The van der Waals surface area contributed by atoms with Crippen LogP contribution in [0, 0.1) is 0 Å². The average molecular weight is 418 g/mol. The zero-order valence-electron chi connectivity index (χ0n) is 15.8. The van der Waals surface area contributed by atoms with Crippen LogP contribution in [0.4, 0.5) is 0 Å². The van der Waals surface area contributed by atoms with Crippen molar-refractivity contribution in [3.05, 3.63) is 65.2 Å². The highest BCUT2D eigenvalue weighted by Gasteiger charge is 2.43. The molecule has 1 unspecified atom stereocenters. The van der Waals surface area contributed by atoms with Gasteiger partial charge in [-0.15, -0.1) is 17.0 Å². The summed E-state index contributed by atoms with van der Waals surface area (Å²) < 4.78 is 5.46. The van der Waals surface area contributed by atoms with Gasteiger partial charge in [0.1, 0.15) is 11.5 Å². The van der Waals surface area contributed by atoms with E-state index in [2.05, 4.69) is 55.4 Å². The molecular weight excluding hydrogens is 390 g/mol. The van der Waals surface area contributed by atoms with Gasteiger partial charge in [-0.1, -0.05) is 36.4 Å². The molecule has 4 heteroatoms. The lowest BCUT2D eigenvalue weighted by Crippen LogP contribution is -2.44. The van der Waals surface area contributed by atoms with Crippen LogP contribution in [0.5, 0.6) is 5.75 Å². The predicted molar refractivity (Wildman–Crippen MR) is 112 cm³/mol. The van der Waals surface area contributed by atoms with Gasteiger partial charge in [0.25, 0.3) is 0 Å². The van der Waals surface area contributed by atoms with Gasteiger partial charge in [0.15, 0.2) is 0 Å². The predicted octanol–water partition coefficient (Wildman–Crippen LogP) is 4.22. The lowest BCUT2D eigenvalue weighted by molar-refractivity contribution is -0.125. The molecule has 0 fully saturated rings. The van der Waals surface area contributed by atoms with Gasteiger partial charge >= 0.3 is 0 Å². The van der Waals surface area contributed by atoms with Crippen molar-refractivity contribution in [1.29, 1.82) is 0 Å². The topological polar surface area (TPSA) is 29.5 Å². The van der Waals surface area contributed by atoms with Crippen molar-refractivity contribution in [3.63, 3.8) is 0 Å². The van der Waals surface area contributed by atoms with Crippen LogP contribution >= 0.6 is 17.0 Å². The lowest BCUT2D eigenvalue weighted by Gasteiger charge is -2.39. The van der Waals surface area contributed by atoms with Crippen LogP contribution in [0.25, 0.3) is 0 Å². The summed E-state index contributed by atoms with van der Waals surface area (Å²) >= 11 is 0. The number of ketones is 1. The highest BCUT2D eigenvalue weighted by Crippen LogP contribution is 2.42. The summed E-state index contributed by atoms with van der Waals surface area (Å²) in [6.07, 6.45) is 3.03. The molecule has 2 aromatic rings. The van der Waals surface area contributed by atoms with Crippen LogP contribution in [0.2, 0.25) is 0 Å². The molecule has 26 heavy (non-hydrogen) atoms. The van der Waals surface area contributed by atoms with Crippen molar-refractivity contribution in [2.45, 2.75) is 31.1 Å². The molecule has 1 aliphatic rings. The molecule has 0 N–H and O–H groups in total. The average Bonchev–Trinajstić information content (AvgIpc) is 2.63. The van der Waals surface area contributed by atoms with Gasteiger partial charge in [0.05, 0.1) is 12.5 Å². The first-order valence-corrected chi connectivity index (χ1v) is 8.94. The van der Waals surface area contributed by atoms with E-state index in [1.54, 1.807) is 7.11 Å². The first-order valence-electron chi connectivity index (χ1n) is 8.94. The summed E-state index contributed by atoms with van der Waals surface area (Å²) in [7, 11) is 5.82. The Morgan fingerprint density at radius 3 is 2.46 bits per heavy atom. The Morgan fingerprint density at radius 1 is 1.08 bits per heavy atom. The Bertz CT molecular complexity index is 745. The van der Waals surface area contributed by atoms with Crippen LogP contribution < -0.4 is 4.74 Å². The molecule has 3 nitrogen and oxygen atoms in total. The Labute approximate surface area is 167 Å². The Balaban J connectivity index is 0.00000243. The summed E-state index contributed by atoms with van der Waals surface area (Å²) in [4.78, 5) is 15.4. The third-order valence-corrected chi connectivity index (χ3v) is 5.32. The van der Waals surface area contributed by atoms with Gasteiger partial charge in [-0.25, -0.2) is 0 Å². The molecule has 3 rings (SSSR count). The number of ether oxygens (including phenoxy) is 1. The number of nitrogens with zero attached hydrogens (tertiary/aromatic N) is 1. The van der Waals surface area contributed by atoms with Gasteiger partial charge < -0.3 is 9.64 Å². The van der Waals surface area contributed by atoms with Gasteiger partial charge in [0, 0.05) is 6.42 Å². The number of fused-ring (bicyclic) bond motifs is 1. The van der Waals surface area contributed by atoms with Crippen LogP contribution in [-0.4, -0.2) is 38.4 Å². The van der Waals surface area contributed by atoms with E-state index in [1.165, 1.54) is 11.1 Å². The van der Waals surface area contributed by atoms with Crippen molar-refractivity contribution in [2.24, 2.45) is 0 Å². The second-order valence-corrected chi connectivity index (χ2v) is 7.24. The van der Waals surface area contributed by atoms with E-state index >= 15 is 0 Å². The second-order valence-electron chi connectivity index (χ2n) is 7.24. The first kappa shape index (κ1) is 20.7. The number of hydrogen-bond acceptors (Lipinski definition) is 3. The maximum Gasteiger partial charge on any atom is 0.144 e. The standard InChI is InChI=1S/C22H27NO2.BrH/c1-23(2)14-13-22(16-17-7-5-4-6-8-17)20-15-19(25-3)11-9-18(20)10-12-21(22)24;/h4-9,11,15H,10,12-14,16H2,1-3H3;1H. The summed E-state index contributed by atoms with van der Waals surface area (Å²) in [6.45, 7) is 0.884. The van der Waals surface area contributed by atoms with E-state index in [0.29, 0.717) is 12.2 Å². The van der Waals surface area contributed by atoms with E-state index in [-0.39, 0.29) is 17.0 Å². The zero-order chi connectivity index (χ0) is 17.9. The van der Waals surface area contributed by atoms with E-state index in [0.717, 1.165) is 37.1 Å². The van der Waals surface area contributed by atoms with Crippen molar-refractivity contribution in [1.82, 2.24) is 4.90 Å². The number of hydrogen-bond donors (Lipinski definition) is 0. The van der Waals surface area contributed by atoms with Gasteiger partial charge in [-0.05, 0) is 68.7 Å². The monoisotopic (exact) mass is 417 g/mol. The summed E-state index contributed by atoms with van der Waals surface area (Å²) in [5, 5.41) is 0. The van der Waals surface area contributed by atoms with Crippen LogP contribution in [0.1, 0.15) is 29.5 Å². The Kier molecular flexibility index (Phi) is 7.01. The Morgan fingerprint density at radius 2 is 1.81 bits per heavy atom. The molecule has 0 radical (unpaired) electrons. The van der Waals surface area contributed by atoms with Crippen molar-refractivity contribution in [3.8, 4) is 5.75 Å². The SMILES string of the molecule is Br.COc1ccc2c(c1)C(CCN(C)C)(Cc1ccccc1)C(=O)CC2. The molecule has 2 aromatic carbocycles. The maximum absolute atomic E-state index is 13.2. The second kappa shape index (κ2) is 8.83. The number of methoxy groups -OCH3 is 1. The number of halogens is 1. The molecule has 1 atom stereocenters. The molecule has 0 saturated heterocycles. The fourth-order valence-electron chi connectivity index (χ4n) is 3.90. The summed E-state index contributed by atoms with van der Waals surface area (Å²) in [5.41, 5.74) is 3.20. The zero-order valence-corrected chi connectivity index (χ0v) is 17.5. The van der Waals surface area contributed by atoms with E-state index in [1.807, 2.05) is 12.1 Å². The van der Waals surface area contributed by atoms with E-state index in [4.69, 9.17) is 4.74 Å². The molecule has 0 spiro atoms. The minimum atomic E-state index is -0.465. The highest BCUT2D eigenvalue weighted by atomic mass is 79.9. The molecule has 0 saturated carbocycles. The van der Waals surface area contributed by atoms with Crippen LogP contribution in [-0.2, 0) is 23.1 Å². The minimum Gasteiger partial charge on any atom is -0.497 e. The quantitative estimate of drug-likeness (QED) is 0.704. The van der Waals surface area contributed by atoms with Gasteiger partial charge in [0.2, 0.25) is 0 Å². The first-order chi connectivity index (χ1) is 12.0. The molecular formula is C22H28BrNO2. The normalized spacial score (nSPS) is 19.0. The van der Waals surface area contributed by atoms with Crippen LogP contribution in [0.15, 0.2) is 48.5 Å². The molecule has 0 heterocycles. The molecule has 0 aromatic heterocycles. The third kappa shape index (κ3) is 4.18. The lowest BCUT2D eigenvalue weighted by atomic mass is 9.64. The summed E-state index contributed by atoms with van der Waals surface area (Å²) in [6, 6.07) is 16.6. The number of benzene rings is 2. The number of carbonyl (C=O) groups is 1. The highest BCUT2D eigenvalue weighted by molar-refractivity contribution is 8.93. The van der Waals surface area contributed by atoms with Gasteiger partial charge in [-0.2, -0.15) is 0 Å². The van der Waals surface area contributed by atoms with Gasteiger partial charge in [-0.3, -0.25) is 4.79 Å². The number of aryl methyl sites for hydroxylation is 1. The van der Waals surface area contributed by atoms with E-state index in [9.17, 15) is 4.79 Å². The summed E-state index contributed by atoms with van der Waals surface area (Å²) in [5.74, 6) is 1.19. The Hall–Kier alpha value is -1.65. The molecule has 140 valence electrons. The number of carbonyl (C=O) groups excluding carboxylic acids is 1. The maximum atomic E-state index is 13.2. The number of Topliss-reactive ketones (excluding diaryl/α,β-unsaturated/α-hetero) is 1. The fourth-order valence-corrected chi connectivity index (χ4v) is 3.90. The molecule has 0 bridgehead atoms. The smallest absolute Gasteiger partial charge is 0.144 e. The van der Waals surface area contributed by atoms with Crippen molar-refractivity contribution < 1.29 is 9.53 Å².